The lowest BCUT2D eigenvalue weighted by atomic mass is 10.1. The maximum Gasteiger partial charge on any atom is 0.334 e. The van der Waals surface area contributed by atoms with Gasteiger partial charge in [0.1, 0.15) is 0 Å². The van der Waals surface area contributed by atoms with E-state index < -0.39 is 18.0 Å². The van der Waals surface area contributed by atoms with E-state index in [1.807, 2.05) is 6.92 Å². The van der Waals surface area contributed by atoms with Crippen LogP contribution in [0.5, 0.6) is 0 Å². The molecular weight excluding hydrogens is 258 g/mol. The molecular formula is C12H14ClNO4. The van der Waals surface area contributed by atoms with Crippen LogP contribution in [0.4, 0.5) is 0 Å². The van der Waals surface area contributed by atoms with Gasteiger partial charge in [-0.25, -0.2) is 4.79 Å². The summed E-state index contributed by atoms with van der Waals surface area (Å²) in [7, 11) is 0. The van der Waals surface area contributed by atoms with Gasteiger partial charge in [0.25, 0.3) is 5.91 Å². The lowest BCUT2D eigenvalue weighted by Gasteiger charge is -2.11. The molecule has 5 nitrogen and oxygen atoms in total. The van der Waals surface area contributed by atoms with Gasteiger partial charge in [-0.15, -0.1) is 0 Å². The van der Waals surface area contributed by atoms with Gasteiger partial charge in [-0.05, 0) is 31.0 Å². The topological polar surface area (TPSA) is 86.6 Å². The summed E-state index contributed by atoms with van der Waals surface area (Å²) >= 11 is 6.03. The van der Waals surface area contributed by atoms with Crippen LogP contribution in [0.15, 0.2) is 12.1 Å². The number of aliphatic hydroxyl groups excluding tert-OH is 1. The average Bonchev–Trinajstić information content (AvgIpc) is 2.32. The second-order valence-corrected chi connectivity index (χ2v) is 4.31. The van der Waals surface area contributed by atoms with Crippen molar-refractivity contribution >= 4 is 23.5 Å². The van der Waals surface area contributed by atoms with Crippen LogP contribution in [-0.2, 0) is 4.79 Å². The zero-order valence-corrected chi connectivity index (χ0v) is 10.8. The Kier molecular flexibility index (Phi) is 4.69. The monoisotopic (exact) mass is 271 g/mol. The Morgan fingerprint density at radius 1 is 1.39 bits per heavy atom. The number of carbonyl (C=O) groups is 2. The second kappa shape index (κ2) is 5.84. The Bertz CT molecular complexity index is 487. The number of hydrogen-bond donors (Lipinski definition) is 3. The normalized spacial score (nSPS) is 12.0. The smallest absolute Gasteiger partial charge is 0.334 e. The van der Waals surface area contributed by atoms with E-state index >= 15 is 0 Å². The van der Waals surface area contributed by atoms with E-state index in [9.17, 15) is 9.59 Å². The number of aliphatic carboxylic acids is 1. The standard InChI is InChI=1S/C12H14ClNO4/c1-6-3-4-8(10(13)7(6)2)11(16)14-5-9(15)12(17)18/h3-4,9,15H,5H2,1-2H3,(H,14,16)(H,17,18). The molecule has 1 aromatic rings. The van der Waals surface area contributed by atoms with E-state index in [0.717, 1.165) is 11.1 Å². The van der Waals surface area contributed by atoms with Crippen molar-refractivity contribution in [3.05, 3.63) is 33.8 Å². The predicted octanol–water partition coefficient (Wildman–Crippen LogP) is 1.13. The third-order valence-electron chi connectivity index (χ3n) is 2.64. The molecule has 0 aromatic heterocycles. The third-order valence-corrected chi connectivity index (χ3v) is 3.13. The van der Waals surface area contributed by atoms with Crippen LogP contribution in [0.3, 0.4) is 0 Å². The first-order valence-corrected chi connectivity index (χ1v) is 5.67. The van der Waals surface area contributed by atoms with Gasteiger partial charge < -0.3 is 15.5 Å². The number of nitrogens with one attached hydrogen (secondary N) is 1. The highest BCUT2D eigenvalue weighted by molar-refractivity contribution is 6.34. The number of amides is 1. The van der Waals surface area contributed by atoms with E-state index in [4.69, 9.17) is 21.8 Å². The highest BCUT2D eigenvalue weighted by Gasteiger charge is 2.17. The number of aliphatic hydroxyl groups is 1. The number of carbonyl (C=O) groups excluding carboxylic acids is 1. The van der Waals surface area contributed by atoms with Crippen LogP contribution >= 0.6 is 11.6 Å². The van der Waals surface area contributed by atoms with Crippen LogP contribution in [-0.4, -0.2) is 34.7 Å². The molecule has 1 aromatic carbocycles. The van der Waals surface area contributed by atoms with Crippen LogP contribution in [0.25, 0.3) is 0 Å². The Hall–Kier alpha value is -1.59. The highest BCUT2D eigenvalue weighted by Crippen LogP contribution is 2.23. The van der Waals surface area contributed by atoms with Crippen LogP contribution in [0.2, 0.25) is 5.02 Å². The first kappa shape index (κ1) is 14.5. The van der Waals surface area contributed by atoms with Gasteiger partial charge in [0, 0.05) is 0 Å². The van der Waals surface area contributed by atoms with Gasteiger partial charge in [0.15, 0.2) is 6.10 Å². The number of halogens is 1. The molecule has 0 fully saturated rings. The van der Waals surface area contributed by atoms with Crippen molar-refractivity contribution in [3.8, 4) is 0 Å². The molecule has 3 N–H and O–H groups in total. The minimum absolute atomic E-state index is 0.261. The van der Waals surface area contributed by atoms with Gasteiger partial charge in [0.2, 0.25) is 0 Å². The first-order valence-electron chi connectivity index (χ1n) is 5.29. The van der Waals surface area contributed by atoms with E-state index in [2.05, 4.69) is 5.32 Å². The van der Waals surface area contributed by atoms with Crippen molar-refractivity contribution < 1.29 is 19.8 Å². The summed E-state index contributed by atoms with van der Waals surface area (Å²) < 4.78 is 0. The summed E-state index contributed by atoms with van der Waals surface area (Å²) in [4.78, 5) is 22.1. The van der Waals surface area contributed by atoms with Gasteiger partial charge >= 0.3 is 5.97 Å². The zero-order valence-electron chi connectivity index (χ0n) is 10.0. The fourth-order valence-electron chi connectivity index (χ4n) is 1.33. The maximum absolute atomic E-state index is 11.8. The van der Waals surface area contributed by atoms with Crippen molar-refractivity contribution in [2.45, 2.75) is 20.0 Å². The summed E-state index contributed by atoms with van der Waals surface area (Å²) in [5, 5.41) is 20.2. The van der Waals surface area contributed by atoms with E-state index in [0.29, 0.717) is 5.02 Å². The van der Waals surface area contributed by atoms with Crippen LogP contribution in [0, 0.1) is 13.8 Å². The summed E-state index contributed by atoms with van der Waals surface area (Å²) in [6, 6.07) is 3.32. The molecule has 1 atom stereocenters. The van der Waals surface area contributed by atoms with Gasteiger partial charge in [-0.1, -0.05) is 17.7 Å². The number of aryl methyl sites for hydroxylation is 1. The van der Waals surface area contributed by atoms with E-state index in [1.54, 1.807) is 19.1 Å². The molecule has 0 heterocycles. The van der Waals surface area contributed by atoms with Gasteiger partial charge in [-0.2, -0.15) is 0 Å². The van der Waals surface area contributed by atoms with Crippen molar-refractivity contribution in [2.75, 3.05) is 6.54 Å². The summed E-state index contributed by atoms with van der Waals surface area (Å²) in [6.07, 6.45) is -1.63. The molecule has 0 bridgehead atoms. The molecule has 1 unspecified atom stereocenters. The molecule has 98 valence electrons. The Morgan fingerprint density at radius 2 is 2.00 bits per heavy atom. The molecule has 6 heteroatoms. The number of rotatable bonds is 4. The SMILES string of the molecule is Cc1ccc(C(=O)NCC(O)C(=O)O)c(Cl)c1C. The molecule has 0 aliphatic carbocycles. The number of carboxylic acids is 1. The molecule has 1 rings (SSSR count). The fourth-order valence-corrected chi connectivity index (χ4v) is 1.63. The Balaban J connectivity index is 2.80. The number of carboxylic acid groups (broad SMARTS) is 1. The fraction of sp³-hybridized carbons (Fsp3) is 0.333. The van der Waals surface area contributed by atoms with Crippen molar-refractivity contribution in [3.63, 3.8) is 0 Å². The summed E-state index contributed by atoms with van der Waals surface area (Å²) in [5.41, 5.74) is 2.02. The lowest BCUT2D eigenvalue weighted by Crippen LogP contribution is -2.36. The van der Waals surface area contributed by atoms with Crippen molar-refractivity contribution in [1.29, 1.82) is 0 Å². The number of hydrogen-bond acceptors (Lipinski definition) is 3. The average molecular weight is 272 g/mol. The second-order valence-electron chi connectivity index (χ2n) is 3.93. The van der Waals surface area contributed by atoms with Gasteiger partial charge in [-0.3, -0.25) is 4.79 Å². The molecule has 18 heavy (non-hydrogen) atoms. The quantitative estimate of drug-likeness (QED) is 0.766. The Morgan fingerprint density at radius 3 is 2.56 bits per heavy atom. The zero-order chi connectivity index (χ0) is 13.9. The predicted molar refractivity (Wildman–Crippen MR) is 66.9 cm³/mol. The van der Waals surface area contributed by atoms with E-state index in [1.165, 1.54) is 0 Å². The third kappa shape index (κ3) is 3.21. The van der Waals surface area contributed by atoms with Crippen LogP contribution < -0.4 is 5.32 Å². The lowest BCUT2D eigenvalue weighted by molar-refractivity contribution is -0.146. The number of benzene rings is 1. The van der Waals surface area contributed by atoms with Crippen LogP contribution in [0.1, 0.15) is 21.5 Å². The maximum atomic E-state index is 11.8. The molecule has 1 amide bonds. The molecule has 0 saturated carbocycles. The molecule has 0 aliphatic heterocycles. The molecule has 0 aliphatic rings. The molecule has 0 radical (unpaired) electrons. The first-order chi connectivity index (χ1) is 8.34. The van der Waals surface area contributed by atoms with Crippen molar-refractivity contribution in [1.82, 2.24) is 5.32 Å². The minimum Gasteiger partial charge on any atom is -0.479 e. The van der Waals surface area contributed by atoms with Gasteiger partial charge in [0.05, 0.1) is 17.1 Å². The summed E-state index contributed by atoms with van der Waals surface area (Å²) in [5.74, 6) is -1.90. The molecule has 0 spiro atoms. The minimum atomic E-state index is -1.63. The summed E-state index contributed by atoms with van der Waals surface area (Å²) in [6.45, 7) is 3.30. The largest absolute Gasteiger partial charge is 0.479 e. The van der Waals surface area contributed by atoms with E-state index in [-0.39, 0.29) is 12.1 Å². The molecule has 0 saturated heterocycles. The van der Waals surface area contributed by atoms with Crippen molar-refractivity contribution in [2.24, 2.45) is 0 Å². The Labute approximate surface area is 109 Å². The highest BCUT2D eigenvalue weighted by atomic mass is 35.5.